The van der Waals surface area contributed by atoms with Gasteiger partial charge in [0.15, 0.2) is 0 Å². The van der Waals surface area contributed by atoms with Crippen LogP contribution in [0.25, 0.3) is 0 Å². The number of hydrogen-bond donors (Lipinski definition) is 0. The first-order valence-corrected chi connectivity index (χ1v) is 3.72. The van der Waals surface area contributed by atoms with Gasteiger partial charge in [-0.1, -0.05) is 18.2 Å². The van der Waals surface area contributed by atoms with E-state index in [4.69, 9.17) is 4.74 Å². The molecule has 0 aliphatic rings. The molecule has 2 heteroatoms. The molecular formula is C9H14O2. The number of allylic oxidation sites excluding steroid dienone is 2. The summed E-state index contributed by atoms with van der Waals surface area (Å²) in [6.45, 7) is 5.89. The van der Waals surface area contributed by atoms with Crippen LogP contribution in [0.4, 0.5) is 0 Å². The van der Waals surface area contributed by atoms with Crippen LogP contribution in [0.5, 0.6) is 0 Å². The topological polar surface area (TPSA) is 26.3 Å². The zero-order chi connectivity index (χ0) is 8.69. The first-order chi connectivity index (χ1) is 5.26. The van der Waals surface area contributed by atoms with E-state index in [9.17, 15) is 4.79 Å². The molecule has 0 fully saturated rings. The van der Waals surface area contributed by atoms with Gasteiger partial charge in [-0.05, 0) is 20.8 Å². The highest BCUT2D eigenvalue weighted by Crippen LogP contribution is 1.99. The maximum absolute atomic E-state index is 11.0. The second-order valence-electron chi connectivity index (χ2n) is 1.96. The Hall–Kier alpha value is -1.05. The molecule has 0 rings (SSSR count). The lowest BCUT2D eigenvalue weighted by atomic mass is 10.2. The third-order valence-corrected chi connectivity index (χ3v) is 1.17. The van der Waals surface area contributed by atoms with Crippen LogP contribution in [-0.2, 0) is 9.53 Å². The van der Waals surface area contributed by atoms with Gasteiger partial charge >= 0.3 is 5.97 Å². The molecule has 0 aromatic rings. The van der Waals surface area contributed by atoms with Gasteiger partial charge in [0.1, 0.15) is 0 Å². The summed E-state index contributed by atoms with van der Waals surface area (Å²) in [4.78, 5) is 11.0. The average Bonchev–Trinajstić information content (AvgIpc) is 2.00. The molecule has 11 heavy (non-hydrogen) atoms. The fourth-order valence-electron chi connectivity index (χ4n) is 0.676. The van der Waals surface area contributed by atoms with Crippen molar-refractivity contribution in [1.29, 1.82) is 0 Å². The number of ether oxygens (including phenoxy) is 1. The average molecular weight is 154 g/mol. The molecule has 0 aromatic heterocycles. The van der Waals surface area contributed by atoms with Crippen LogP contribution in [-0.4, -0.2) is 12.6 Å². The second kappa shape index (κ2) is 5.71. The van der Waals surface area contributed by atoms with Gasteiger partial charge in [0, 0.05) is 0 Å². The van der Waals surface area contributed by atoms with Gasteiger partial charge in [-0.25, -0.2) is 4.79 Å². The van der Waals surface area contributed by atoms with Gasteiger partial charge < -0.3 is 4.74 Å². The highest BCUT2D eigenvalue weighted by molar-refractivity contribution is 5.91. The first-order valence-electron chi connectivity index (χ1n) is 3.72. The van der Waals surface area contributed by atoms with Crippen molar-refractivity contribution in [2.75, 3.05) is 6.61 Å². The summed E-state index contributed by atoms with van der Waals surface area (Å²) in [7, 11) is 0. The Bertz CT molecular complexity index is 178. The van der Waals surface area contributed by atoms with Gasteiger partial charge in [-0.3, -0.25) is 0 Å². The fraction of sp³-hybridized carbons (Fsp3) is 0.444. The summed E-state index contributed by atoms with van der Waals surface area (Å²) in [6, 6.07) is 0. The zero-order valence-corrected chi connectivity index (χ0v) is 7.26. The third kappa shape index (κ3) is 3.61. The van der Waals surface area contributed by atoms with E-state index in [0.29, 0.717) is 12.2 Å². The molecular weight excluding hydrogens is 140 g/mol. The first kappa shape index (κ1) is 9.95. The largest absolute Gasteiger partial charge is 0.462 e. The molecule has 2 nitrogen and oxygen atoms in total. The molecule has 0 aliphatic heterocycles. The molecule has 0 spiro atoms. The van der Waals surface area contributed by atoms with E-state index in [1.165, 1.54) is 0 Å². The van der Waals surface area contributed by atoms with Gasteiger partial charge in [0.05, 0.1) is 12.2 Å². The van der Waals surface area contributed by atoms with E-state index < -0.39 is 0 Å². The summed E-state index contributed by atoms with van der Waals surface area (Å²) in [5.41, 5.74) is 0.606. The third-order valence-electron chi connectivity index (χ3n) is 1.17. The van der Waals surface area contributed by atoms with E-state index in [2.05, 4.69) is 0 Å². The number of rotatable bonds is 3. The Morgan fingerprint density at radius 2 is 2.09 bits per heavy atom. The summed E-state index contributed by atoms with van der Waals surface area (Å²) in [5.74, 6) is -0.256. The minimum absolute atomic E-state index is 0.256. The van der Waals surface area contributed by atoms with Crippen molar-refractivity contribution in [3.8, 4) is 0 Å². The number of hydrogen-bond acceptors (Lipinski definition) is 2. The lowest BCUT2D eigenvalue weighted by Crippen LogP contribution is -2.05. The molecule has 0 saturated heterocycles. The fourth-order valence-corrected chi connectivity index (χ4v) is 0.676. The van der Waals surface area contributed by atoms with E-state index >= 15 is 0 Å². The molecule has 0 aliphatic carbocycles. The minimum Gasteiger partial charge on any atom is -0.462 e. The smallest absolute Gasteiger partial charge is 0.337 e. The quantitative estimate of drug-likeness (QED) is 0.353. The van der Waals surface area contributed by atoms with Crippen molar-refractivity contribution < 1.29 is 9.53 Å². The van der Waals surface area contributed by atoms with Crippen molar-refractivity contribution in [1.82, 2.24) is 0 Å². The molecule has 0 radical (unpaired) electrons. The van der Waals surface area contributed by atoms with Crippen LogP contribution >= 0.6 is 0 Å². The molecule has 0 heterocycles. The Morgan fingerprint density at radius 1 is 1.45 bits per heavy atom. The van der Waals surface area contributed by atoms with Crippen molar-refractivity contribution in [2.45, 2.75) is 20.8 Å². The van der Waals surface area contributed by atoms with Crippen LogP contribution < -0.4 is 0 Å². The molecule has 0 unspecified atom stereocenters. The van der Waals surface area contributed by atoms with E-state index in [1.54, 1.807) is 19.1 Å². The number of carbonyl (C=O) groups is 1. The van der Waals surface area contributed by atoms with Crippen LogP contribution in [0.2, 0.25) is 0 Å². The van der Waals surface area contributed by atoms with Gasteiger partial charge in [-0.2, -0.15) is 0 Å². The van der Waals surface area contributed by atoms with Crippen molar-refractivity contribution >= 4 is 5.97 Å². The highest BCUT2D eigenvalue weighted by atomic mass is 16.5. The Morgan fingerprint density at radius 3 is 2.45 bits per heavy atom. The maximum atomic E-state index is 11.0. The van der Waals surface area contributed by atoms with Crippen molar-refractivity contribution in [3.05, 3.63) is 23.8 Å². The number of carbonyl (C=O) groups excluding carboxylic acids is 1. The molecule has 0 amide bonds. The SMILES string of the molecule is C/C=C/C(=C\C)C(=O)OCC. The monoisotopic (exact) mass is 154 g/mol. The summed E-state index contributed by atoms with van der Waals surface area (Å²) < 4.78 is 4.79. The van der Waals surface area contributed by atoms with E-state index in [1.807, 2.05) is 19.9 Å². The predicted molar refractivity (Wildman–Crippen MR) is 45.2 cm³/mol. The Labute approximate surface area is 67.6 Å². The number of esters is 1. The lowest BCUT2D eigenvalue weighted by Gasteiger charge is -2.00. The highest BCUT2D eigenvalue weighted by Gasteiger charge is 2.03. The minimum atomic E-state index is -0.256. The molecule has 0 N–H and O–H groups in total. The molecule has 0 saturated carbocycles. The molecule has 62 valence electrons. The van der Waals surface area contributed by atoms with E-state index in [-0.39, 0.29) is 5.97 Å². The van der Waals surface area contributed by atoms with Crippen molar-refractivity contribution in [2.24, 2.45) is 0 Å². The molecule has 0 aromatic carbocycles. The summed E-state index contributed by atoms with van der Waals surface area (Å²) >= 11 is 0. The second-order valence-corrected chi connectivity index (χ2v) is 1.96. The van der Waals surface area contributed by atoms with Crippen LogP contribution in [0.3, 0.4) is 0 Å². The van der Waals surface area contributed by atoms with E-state index in [0.717, 1.165) is 0 Å². The summed E-state index contributed by atoms with van der Waals surface area (Å²) in [6.07, 6.45) is 5.28. The zero-order valence-electron chi connectivity index (χ0n) is 7.26. The molecule has 0 atom stereocenters. The Kier molecular flexibility index (Phi) is 5.17. The van der Waals surface area contributed by atoms with Crippen LogP contribution in [0.1, 0.15) is 20.8 Å². The van der Waals surface area contributed by atoms with Gasteiger partial charge in [0.2, 0.25) is 0 Å². The van der Waals surface area contributed by atoms with Crippen molar-refractivity contribution in [3.63, 3.8) is 0 Å². The van der Waals surface area contributed by atoms with Crippen LogP contribution in [0.15, 0.2) is 23.8 Å². The molecule has 0 bridgehead atoms. The Balaban J connectivity index is 4.16. The summed E-state index contributed by atoms with van der Waals surface area (Å²) in [5, 5.41) is 0. The predicted octanol–water partition coefficient (Wildman–Crippen LogP) is 2.07. The lowest BCUT2D eigenvalue weighted by molar-refractivity contribution is -0.138. The van der Waals surface area contributed by atoms with Gasteiger partial charge in [0.25, 0.3) is 0 Å². The normalized spacial score (nSPS) is 12.1. The van der Waals surface area contributed by atoms with Crippen LogP contribution in [0, 0.1) is 0 Å². The standard InChI is InChI=1S/C9H14O2/c1-4-7-8(5-2)9(10)11-6-3/h4-5,7H,6H2,1-3H3/b7-4+,8-5+. The van der Waals surface area contributed by atoms with Gasteiger partial charge in [-0.15, -0.1) is 0 Å². The maximum Gasteiger partial charge on any atom is 0.337 e.